The number of rotatable bonds is 3. The van der Waals surface area contributed by atoms with Crippen LogP contribution in [0.25, 0.3) is 0 Å². The largest absolute Gasteiger partial charge is 0.378 e. The minimum Gasteiger partial charge on any atom is -0.378 e. The van der Waals surface area contributed by atoms with E-state index < -0.39 is 6.10 Å². The average molecular weight is 295 g/mol. The molecule has 0 aromatic heterocycles. The van der Waals surface area contributed by atoms with Crippen molar-refractivity contribution >= 4 is 28.9 Å². The first-order chi connectivity index (χ1) is 9.60. The van der Waals surface area contributed by atoms with Crippen LogP contribution in [0.1, 0.15) is 37.9 Å². The fraction of sp³-hybridized carbons (Fsp3) is 0.533. The molecule has 2 unspecified atom stereocenters. The fourth-order valence-corrected chi connectivity index (χ4v) is 3.48. The highest BCUT2D eigenvalue weighted by atomic mass is 35.5. The third-order valence-electron chi connectivity index (χ3n) is 4.24. The summed E-state index contributed by atoms with van der Waals surface area (Å²) in [6.07, 6.45) is 2.55. The van der Waals surface area contributed by atoms with E-state index in [1.54, 1.807) is 6.07 Å². The molecule has 2 N–H and O–H groups in total. The molecule has 1 saturated heterocycles. The molecule has 1 aromatic rings. The first-order valence-electron chi connectivity index (χ1n) is 7.17. The van der Waals surface area contributed by atoms with E-state index >= 15 is 0 Å². The molecular weight excluding hydrogens is 276 g/mol. The third-order valence-corrected chi connectivity index (χ3v) is 4.55. The van der Waals surface area contributed by atoms with Crippen molar-refractivity contribution in [2.45, 2.75) is 32.3 Å². The van der Waals surface area contributed by atoms with Crippen molar-refractivity contribution in [3.05, 3.63) is 22.7 Å². The number of carbonyl (C=O) groups is 1. The maximum absolute atomic E-state index is 11.5. The highest BCUT2D eigenvalue weighted by molar-refractivity contribution is 6.33. The van der Waals surface area contributed by atoms with Crippen molar-refractivity contribution in [2.75, 3.05) is 23.3 Å². The van der Waals surface area contributed by atoms with Crippen molar-refractivity contribution in [3.8, 4) is 0 Å². The summed E-state index contributed by atoms with van der Waals surface area (Å²) in [5.41, 5.74) is 2.22. The zero-order chi connectivity index (χ0) is 14.3. The molecule has 0 spiro atoms. The van der Waals surface area contributed by atoms with Crippen LogP contribution >= 0.6 is 11.6 Å². The number of amides is 1. The predicted octanol–water partition coefficient (Wildman–Crippen LogP) is 2.95. The lowest BCUT2D eigenvalue weighted by atomic mass is 10.0. The van der Waals surface area contributed by atoms with Gasteiger partial charge in [-0.05, 0) is 30.9 Å². The molecular formula is C15H19ClN2O2. The van der Waals surface area contributed by atoms with E-state index in [1.807, 2.05) is 6.07 Å². The number of nitrogens with one attached hydrogen (secondary N) is 1. The minimum atomic E-state index is -1.09. The number of hydrogen-bond donors (Lipinski definition) is 2. The Bertz CT molecular complexity index is 547. The van der Waals surface area contributed by atoms with E-state index in [4.69, 9.17) is 11.6 Å². The Hall–Kier alpha value is -1.26. The molecule has 1 fully saturated rings. The van der Waals surface area contributed by atoms with Gasteiger partial charge in [0.05, 0.1) is 10.7 Å². The van der Waals surface area contributed by atoms with Crippen molar-refractivity contribution in [1.29, 1.82) is 0 Å². The summed E-state index contributed by atoms with van der Waals surface area (Å²) in [5.74, 6) is 0.350. The SMILES string of the molecule is CCCC1CCN(c2cc3c(cc2Cl)C(O)C(=O)N3)C1. The van der Waals surface area contributed by atoms with Crippen LogP contribution in [0.5, 0.6) is 0 Å². The summed E-state index contributed by atoms with van der Waals surface area (Å²) >= 11 is 6.33. The van der Waals surface area contributed by atoms with Gasteiger partial charge in [0.1, 0.15) is 0 Å². The van der Waals surface area contributed by atoms with E-state index in [0.717, 1.165) is 24.7 Å². The maximum atomic E-state index is 11.5. The van der Waals surface area contributed by atoms with Crippen molar-refractivity contribution in [2.24, 2.45) is 5.92 Å². The number of aliphatic hydroxyl groups excluding tert-OH is 1. The molecule has 5 heteroatoms. The van der Waals surface area contributed by atoms with Crippen molar-refractivity contribution < 1.29 is 9.90 Å². The van der Waals surface area contributed by atoms with Gasteiger partial charge in [-0.3, -0.25) is 4.79 Å². The van der Waals surface area contributed by atoms with Gasteiger partial charge in [0.25, 0.3) is 5.91 Å². The van der Waals surface area contributed by atoms with Crippen molar-refractivity contribution in [1.82, 2.24) is 0 Å². The van der Waals surface area contributed by atoms with E-state index in [9.17, 15) is 9.90 Å². The Kier molecular flexibility index (Phi) is 3.61. The smallest absolute Gasteiger partial charge is 0.257 e. The standard InChI is InChI=1S/C15H19ClN2O2/c1-2-3-9-4-5-18(8-9)13-7-12-10(6-11(13)16)14(19)15(20)17-12/h6-7,9,14,19H,2-5,8H2,1H3,(H,17,20). The molecule has 0 aliphatic carbocycles. The summed E-state index contributed by atoms with van der Waals surface area (Å²) in [6.45, 7) is 4.23. The van der Waals surface area contributed by atoms with Crippen LogP contribution in [-0.4, -0.2) is 24.1 Å². The molecule has 20 heavy (non-hydrogen) atoms. The molecule has 1 aromatic carbocycles. The minimum absolute atomic E-state index is 0.376. The van der Waals surface area contributed by atoms with E-state index in [1.165, 1.54) is 19.3 Å². The number of benzene rings is 1. The zero-order valence-corrected chi connectivity index (χ0v) is 12.3. The molecule has 0 radical (unpaired) electrons. The highest BCUT2D eigenvalue weighted by Gasteiger charge is 2.31. The molecule has 2 aliphatic heterocycles. The van der Waals surface area contributed by atoms with Gasteiger partial charge in [-0.25, -0.2) is 0 Å². The molecule has 0 bridgehead atoms. The van der Waals surface area contributed by atoms with Crippen LogP contribution in [-0.2, 0) is 4.79 Å². The average Bonchev–Trinajstić information content (AvgIpc) is 2.97. The normalized spacial score (nSPS) is 24.9. The molecule has 108 valence electrons. The second-order valence-electron chi connectivity index (χ2n) is 5.67. The first-order valence-corrected chi connectivity index (χ1v) is 7.55. The number of fused-ring (bicyclic) bond motifs is 1. The molecule has 2 heterocycles. The van der Waals surface area contributed by atoms with Crippen LogP contribution < -0.4 is 10.2 Å². The van der Waals surface area contributed by atoms with Crippen LogP contribution in [0.4, 0.5) is 11.4 Å². The molecule has 2 atom stereocenters. The second-order valence-corrected chi connectivity index (χ2v) is 6.08. The Labute approximate surface area is 123 Å². The number of hydrogen-bond acceptors (Lipinski definition) is 3. The van der Waals surface area contributed by atoms with E-state index in [2.05, 4.69) is 17.1 Å². The van der Waals surface area contributed by atoms with Crippen LogP contribution in [0, 0.1) is 5.92 Å². The number of anilines is 2. The van der Waals surface area contributed by atoms with Gasteiger partial charge in [0.2, 0.25) is 0 Å². The number of aliphatic hydroxyl groups is 1. The zero-order valence-electron chi connectivity index (χ0n) is 11.5. The van der Waals surface area contributed by atoms with Gasteiger partial charge in [-0.2, -0.15) is 0 Å². The molecule has 0 saturated carbocycles. The van der Waals surface area contributed by atoms with Gasteiger partial charge < -0.3 is 15.3 Å². The van der Waals surface area contributed by atoms with Gasteiger partial charge >= 0.3 is 0 Å². The second kappa shape index (κ2) is 5.26. The van der Waals surface area contributed by atoms with Crippen molar-refractivity contribution in [3.63, 3.8) is 0 Å². The lowest BCUT2D eigenvalue weighted by Crippen LogP contribution is -2.20. The van der Waals surface area contributed by atoms with Gasteiger partial charge in [0.15, 0.2) is 6.10 Å². The van der Waals surface area contributed by atoms with Crippen LogP contribution in [0.2, 0.25) is 5.02 Å². The summed E-state index contributed by atoms with van der Waals surface area (Å²) in [5, 5.41) is 13.1. The van der Waals surface area contributed by atoms with Crippen LogP contribution in [0.3, 0.4) is 0 Å². The van der Waals surface area contributed by atoms with E-state index in [0.29, 0.717) is 16.3 Å². The Morgan fingerprint density at radius 3 is 3.05 bits per heavy atom. The number of carbonyl (C=O) groups excluding carboxylic acids is 1. The van der Waals surface area contributed by atoms with Gasteiger partial charge in [-0.1, -0.05) is 24.9 Å². The summed E-state index contributed by atoms with van der Waals surface area (Å²) in [7, 11) is 0. The lowest BCUT2D eigenvalue weighted by Gasteiger charge is -2.21. The third kappa shape index (κ3) is 2.27. The molecule has 3 rings (SSSR count). The topological polar surface area (TPSA) is 52.6 Å². The first kappa shape index (κ1) is 13.7. The molecule has 1 amide bonds. The van der Waals surface area contributed by atoms with Gasteiger partial charge in [-0.15, -0.1) is 0 Å². The number of nitrogens with zero attached hydrogens (tertiary/aromatic N) is 1. The quantitative estimate of drug-likeness (QED) is 0.901. The summed E-state index contributed by atoms with van der Waals surface area (Å²) < 4.78 is 0. The number of halogens is 1. The monoisotopic (exact) mass is 294 g/mol. The summed E-state index contributed by atoms with van der Waals surface area (Å²) in [6, 6.07) is 3.60. The Morgan fingerprint density at radius 2 is 2.30 bits per heavy atom. The Morgan fingerprint density at radius 1 is 1.50 bits per heavy atom. The Balaban J connectivity index is 1.86. The van der Waals surface area contributed by atoms with Crippen LogP contribution in [0.15, 0.2) is 12.1 Å². The predicted molar refractivity (Wildman–Crippen MR) is 80.3 cm³/mol. The highest BCUT2D eigenvalue weighted by Crippen LogP contribution is 2.40. The molecule has 2 aliphatic rings. The fourth-order valence-electron chi connectivity index (χ4n) is 3.19. The molecule has 4 nitrogen and oxygen atoms in total. The summed E-state index contributed by atoms with van der Waals surface area (Å²) in [4.78, 5) is 13.8. The van der Waals surface area contributed by atoms with Gasteiger partial charge in [0, 0.05) is 24.3 Å². The lowest BCUT2D eigenvalue weighted by molar-refractivity contribution is -0.123. The van der Waals surface area contributed by atoms with E-state index in [-0.39, 0.29) is 5.91 Å². The maximum Gasteiger partial charge on any atom is 0.257 e.